The molecule has 1 aromatic heterocycles. The monoisotopic (exact) mass is 501 g/mol. The summed E-state index contributed by atoms with van der Waals surface area (Å²) in [5.74, 6) is 0.938. The van der Waals surface area contributed by atoms with Crippen molar-refractivity contribution in [3.05, 3.63) is 89.5 Å². The largest absolute Gasteiger partial charge is 0.352 e. The highest BCUT2D eigenvalue weighted by Gasteiger charge is 2.30. The number of anilines is 1. The molecule has 7 nitrogen and oxygen atoms in total. The summed E-state index contributed by atoms with van der Waals surface area (Å²) in [6.07, 6.45) is 4.15. The van der Waals surface area contributed by atoms with Gasteiger partial charge in [0.25, 0.3) is 5.91 Å². The lowest BCUT2D eigenvalue weighted by molar-refractivity contribution is -0.117. The molecule has 1 aliphatic rings. The Kier molecular flexibility index (Phi) is 6.76. The fourth-order valence-corrected chi connectivity index (χ4v) is 4.81. The molecule has 1 N–H and O–H groups in total. The van der Waals surface area contributed by atoms with Gasteiger partial charge in [-0.05, 0) is 73.4 Å². The first-order valence-corrected chi connectivity index (χ1v) is 12.3. The molecule has 5 rings (SSSR count). The molecule has 184 valence electrons. The quantitative estimate of drug-likeness (QED) is 0.404. The van der Waals surface area contributed by atoms with Gasteiger partial charge in [0, 0.05) is 59.8 Å². The normalized spacial score (nSPS) is 15.7. The maximum atomic E-state index is 12.7. The molecule has 1 atom stereocenters. The highest BCUT2D eigenvalue weighted by Crippen LogP contribution is 2.26. The van der Waals surface area contributed by atoms with E-state index >= 15 is 0 Å². The molecule has 1 fully saturated rings. The Balaban J connectivity index is 1.21. The van der Waals surface area contributed by atoms with Crippen molar-refractivity contribution in [1.29, 1.82) is 0 Å². The molecule has 0 aliphatic carbocycles. The Labute approximate surface area is 215 Å². The fraction of sp³-hybridized carbons (Fsp3) is 0.250. The predicted octanol–water partition coefficient (Wildman–Crippen LogP) is 4.52. The van der Waals surface area contributed by atoms with Crippen molar-refractivity contribution in [2.45, 2.75) is 13.0 Å². The van der Waals surface area contributed by atoms with E-state index in [-0.39, 0.29) is 17.7 Å². The number of nitrogens with one attached hydrogen (secondary N) is 1. The smallest absolute Gasteiger partial charge is 0.251 e. The second-order valence-corrected chi connectivity index (χ2v) is 9.89. The van der Waals surface area contributed by atoms with E-state index in [1.165, 1.54) is 0 Å². The number of amides is 2. The molecular formula is C28H28ClN5O2. The molecule has 0 saturated carbocycles. The number of nitrogens with zero attached hydrogens (tertiary/aromatic N) is 4. The van der Waals surface area contributed by atoms with Crippen LogP contribution in [0.2, 0.25) is 5.02 Å². The first-order chi connectivity index (χ1) is 17.4. The van der Waals surface area contributed by atoms with Gasteiger partial charge >= 0.3 is 0 Å². The van der Waals surface area contributed by atoms with Crippen molar-refractivity contribution >= 4 is 39.9 Å². The zero-order valence-electron chi connectivity index (χ0n) is 20.3. The zero-order chi connectivity index (χ0) is 25.2. The number of aromatic nitrogens is 2. The molecule has 2 amide bonds. The summed E-state index contributed by atoms with van der Waals surface area (Å²) in [7, 11) is 4.02. The van der Waals surface area contributed by atoms with Gasteiger partial charge in [0.1, 0.15) is 5.82 Å². The second-order valence-electron chi connectivity index (χ2n) is 9.46. The highest BCUT2D eigenvalue weighted by atomic mass is 35.5. The van der Waals surface area contributed by atoms with Crippen LogP contribution in [0.15, 0.2) is 73.1 Å². The van der Waals surface area contributed by atoms with Gasteiger partial charge in [-0.3, -0.25) is 9.59 Å². The summed E-state index contributed by atoms with van der Waals surface area (Å²) in [5.41, 5.74) is 2.45. The van der Waals surface area contributed by atoms with Crippen LogP contribution in [0.3, 0.4) is 0 Å². The van der Waals surface area contributed by atoms with Gasteiger partial charge in [0.15, 0.2) is 0 Å². The average Bonchev–Trinajstić information content (AvgIpc) is 3.48. The van der Waals surface area contributed by atoms with Crippen LogP contribution in [-0.4, -0.2) is 53.5 Å². The lowest BCUT2D eigenvalue weighted by Gasteiger charge is -2.18. The topological polar surface area (TPSA) is 70.5 Å². The van der Waals surface area contributed by atoms with Crippen molar-refractivity contribution in [3.63, 3.8) is 0 Å². The van der Waals surface area contributed by atoms with Gasteiger partial charge < -0.3 is 19.7 Å². The molecule has 0 bridgehead atoms. The van der Waals surface area contributed by atoms with Crippen molar-refractivity contribution < 1.29 is 9.59 Å². The van der Waals surface area contributed by atoms with Crippen LogP contribution in [0.1, 0.15) is 22.6 Å². The summed E-state index contributed by atoms with van der Waals surface area (Å²) in [6.45, 7) is 1.76. The van der Waals surface area contributed by atoms with Crippen molar-refractivity contribution in [3.8, 4) is 5.69 Å². The first kappa shape index (κ1) is 24.0. The van der Waals surface area contributed by atoms with Gasteiger partial charge in [-0.15, -0.1) is 0 Å². The Morgan fingerprint density at radius 1 is 1.06 bits per heavy atom. The third kappa shape index (κ3) is 5.12. The van der Waals surface area contributed by atoms with E-state index in [0.29, 0.717) is 30.1 Å². The Bertz CT molecular complexity index is 1410. The number of hydrogen-bond acceptors (Lipinski definition) is 4. The van der Waals surface area contributed by atoms with Crippen molar-refractivity contribution in [2.24, 2.45) is 5.92 Å². The van der Waals surface area contributed by atoms with E-state index in [4.69, 9.17) is 11.6 Å². The number of hydrogen-bond donors (Lipinski definition) is 1. The average molecular weight is 502 g/mol. The van der Waals surface area contributed by atoms with Crippen LogP contribution >= 0.6 is 11.6 Å². The molecule has 8 heteroatoms. The summed E-state index contributed by atoms with van der Waals surface area (Å²) >= 11 is 6.05. The van der Waals surface area contributed by atoms with E-state index < -0.39 is 0 Å². The predicted molar refractivity (Wildman–Crippen MR) is 143 cm³/mol. The number of halogens is 1. The van der Waals surface area contributed by atoms with Crippen molar-refractivity contribution in [2.75, 3.05) is 32.1 Å². The Morgan fingerprint density at radius 3 is 2.56 bits per heavy atom. The minimum absolute atomic E-state index is 0.0562. The summed E-state index contributed by atoms with van der Waals surface area (Å²) in [4.78, 5) is 33.8. The molecular weight excluding hydrogens is 474 g/mol. The third-order valence-corrected chi connectivity index (χ3v) is 6.67. The molecule has 0 radical (unpaired) electrons. The number of carbonyl (C=O) groups is 2. The Hall–Kier alpha value is -3.68. The molecule has 36 heavy (non-hydrogen) atoms. The van der Waals surface area contributed by atoms with E-state index in [0.717, 1.165) is 34.5 Å². The lowest BCUT2D eigenvalue weighted by atomic mass is 10.1. The maximum absolute atomic E-state index is 12.7. The highest BCUT2D eigenvalue weighted by molar-refractivity contribution is 6.31. The van der Waals surface area contributed by atoms with Crippen LogP contribution in [0.25, 0.3) is 16.5 Å². The van der Waals surface area contributed by atoms with E-state index in [2.05, 4.69) is 19.8 Å². The van der Waals surface area contributed by atoms with Gasteiger partial charge in [-0.25, -0.2) is 4.98 Å². The van der Waals surface area contributed by atoms with Gasteiger partial charge in [-0.2, -0.15) is 0 Å². The zero-order valence-corrected chi connectivity index (χ0v) is 21.1. The van der Waals surface area contributed by atoms with Crippen LogP contribution in [0, 0.1) is 5.92 Å². The summed E-state index contributed by atoms with van der Waals surface area (Å²) < 4.78 is 2.05. The van der Waals surface area contributed by atoms with Crippen LogP contribution in [0.5, 0.6) is 0 Å². The Morgan fingerprint density at radius 2 is 1.78 bits per heavy atom. The number of fused-ring (bicyclic) bond motifs is 1. The molecule has 3 aromatic carbocycles. The minimum atomic E-state index is -0.143. The maximum Gasteiger partial charge on any atom is 0.251 e. The standard InChI is InChI=1S/C28H28ClN5O2/c1-32(2)18-26-30-11-12-33(26)24-7-9-25(10-8-24)34-17-19(13-27(34)35)16-31-28(36)22-4-3-21-15-23(29)6-5-20(21)14-22/h3-12,14-15,19H,13,16-18H2,1-2H3,(H,31,36). The third-order valence-electron chi connectivity index (χ3n) is 6.44. The first-order valence-electron chi connectivity index (χ1n) is 11.9. The fourth-order valence-electron chi connectivity index (χ4n) is 4.63. The van der Waals surface area contributed by atoms with Crippen molar-refractivity contribution in [1.82, 2.24) is 19.8 Å². The van der Waals surface area contributed by atoms with E-state index in [1.54, 1.807) is 17.2 Å². The molecule has 2 heterocycles. The van der Waals surface area contributed by atoms with Crippen LogP contribution in [-0.2, 0) is 11.3 Å². The second kappa shape index (κ2) is 10.1. The molecule has 4 aromatic rings. The molecule has 0 spiro atoms. The number of imidazole rings is 1. The number of benzene rings is 3. The number of rotatable bonds is 7. The van der Waals surface area contributed by atoms with E-state index in [9.17, 15) is 9.59 Å². The number of carbonyl (C=O) groups excluding carboxylic acids is 2. The van der Waals surface area contributed by atoms with Gasteiger partial charge in [-0.1, -0.05) is 23.7 Å². The summed E-state index contributed by atoms with van der Waals surface area (Å²) in [5, 5.41) is 5.62. The van der Waals surface area contributed by atoms with E-state index in [1.807, 2.05) is 74.9 Å². The van der Waals surface area contributed by atoms with Gasteiger partial charge in [0.05, 0.1) is 6.54 Å². The lowest BCUT2D eigenvalue weighted by Crippen LogP contribution is -2.31. The molecule has 1 saturated heterocycles. The SMILES string of the molecule is CN(C)Cc1nccn1-c1ccc(N2CC(CNC(=O)c3ccc4cc(Cl)ccc4c3)CC2=O)cc1. The van der Waals surface area contributed by atoms with Crippen LogP contribution in [0.4, 0.5) is 5.69 Å². The van der Waals surface area contributed by atoms with Crippen LogP contribution < -0.4 is 10.2 Å². The molecule has 1 unspecified atom stereocenters. The summed E-state index contributed by atoms with van der Waals surface area (Å²) in [6, 6.07) is 19.1. The minimum Gasteiger partial charge on any atom is -0.352 e. The van der Waals surface area contributed by atoms with Gasteiger partial charge in [0.2, 0.25) is 5.91 Å². The molecule has 1 aliphatic heterocycles.